The largest absolute Gasteiger partial charge is 0.310 e. The second-order valence-electron chi connectivity index (χ2n) is 4.80. The summed E-state index contributed by atoms with van der Waals surface area (Å²) in [6.45, 7) is 3.43. The van der Waals surface area contributed by atoms with Gasteiger partial charge in [0.25, 0.3) is 0 Å². The fourth-order valence-electron chi connectivity index (χ4n) is 2.62. The number of rotatable bonds is 5. The van der Waals surface area contributed by atoms with Crippen LogP contribution in [0.4, 0.5) is 0 Å². The lowest BCUT2D eigenvalue weighted by Crippen LogP contribution is -2.26. The lowest BCUT2D eigenvalue weighted by atomic mass is 9.88. The number of aryl methyl sites for hydroxylation is 1. The van der Waals surface area contributed by atoms with E-state index in [2.05, 4.69) is 36.5 Å². The minimum Gasteiger partial charge on any atom is -0.310 e. The Morgan fingerprint density at radius 1 is 1.25 bits per heavy atom. The summed E-state index contributed by atoms with van der Waals surface area (Å²) in [5, 5.41) is 3.71. The SMILES string of the molecule is CCCCCNC1CCCc2ccccc21. The van der Waals surface area contributed by atoms with Crippen LogP contribution in [-0.2, 0) is 6.42 Å². The van der Waals surface area contributed by atoms with Crippen molar-refractivity contribution in [2.75, 3.05) is 6.54 Å². The Kier molecular flexibility index (Phi) is 4.41. The molecule has 1 atom stereocenters. The van der Waals surface area contributed by atoms with Crippen LogP contribution in [0.5, 0.6) is 0 Å². The van der Waals surface area contributed by atoms with E-state index in [1.807, 2.05) is 0 Å². The van der Waals surface area contributed by atoms with E-state index < -0.39 is 0 Å². The van der Waals surface area contributed by atoms with Gasteiger partial charge in [0.15, 0.2) is 0 Å². The van der Waals surface area contributed by atoms with Crippen LogP contribution < -0.4 is 5.32 Å². The number of hydrogen-bond acceptors (Lipinski definition) is 1. The van der Waals surface area contributed by atoms with Crippen molar-refractivity contribution < 1.29 is 0 Å². The molecule has 1 N–H and O–H groups in total. The summed E-state index contributed by atoms with van der Waals surface area (Å²) in [6.07, 6.45) is 7.88. The first-order valence-electron chi connectivity index (χ1n) is 6.73. The molecule has 1 aliphatic carbocycles. The highest BCUT2D eigenvalue weighted by Gasteiger charge is 2.18. The Bertz CT molecular complexity index is 319. The topological polar surface area (TPSA) is 12.0 Å². The molecule has 16 heavy (non-hydrogen) atoms. The molecule has 1 aromatic carbocycles. The molecule has 88 valence electrons. The molecule has 0 saturated carbocycles. The van der Waals surface area contributed by atoms with Crippen LogP contribution in [0.25, 0.3) is 0 Å². The molecule has 0 radical (unpaired) electrons. The predicted molar refractivity (Wildman–Crippen MR) is 69.6 cm³/mol. The number of benzene rings is 1. The molecule has 1 unspecified atom stereocenters. The minimum atomic E-state index is 0.613. The summed E-state index contributed by atoms with van der Waals surface area (Å²) in [5.41, 5.74) is 3.10. The monoisotopic (exact) mass is 217 g/mol. The van der Waals surface area contributed by atoms with Gasteiger partial charge >= 0.3 is 0 Å². The molecular weight excluding hydrogens is 194 g/mol. The van der Waals surface area contributed by atoms with Crippen molar-refractivity contribution in [3.05, 3.63) is 35.4 Å². The van der Waals surface area contributed by atoms with Crippen LogP contribution in [0.1, 0.15) is 56.2 Å². The fraction of sp³-hybridized carbons (Fsp3) is 0.600. The van der Waals surface area contributed by atoms with Crippen molar-refractivity contribution in [3.8, 4) is 0 Å². The summed E-state index contributed by atoms with van der Waals surface area (Å²) in [4.78, 5) is 0. The van der Waals surface area contributed by atoms with Crippen molar-refractivity contribution >= 4 is 0 Å². The van der Waals surface area contributed by atoms with Gasteiger partial charge in [-0.25, -0.2) is 0 Å². The Morgan fingerprint density at radius 2 is 2.12 bits per heavy atom. The van der Waals surface area contributed by atoms with E-state index in [9.17, 15) is 0 Å². The summed E-state index contributed by atoms with van der Waals surface area (Å²) >= 11 is 0. The smallest absolute Gasteiger partial charge is 0.0323 e. The van der Waals surface area contributed by atoms with Crippen LogP contribution in [0.2, 0.25) is 0 Å². The highest BCUT2D eigenvalue weighted by molar-refractivity contribution is 5.32. The Balaban J connectivity index is 1.91. The normalized spacial score (nSPS) is 19.4. The van der Waals surface area contributed by atoms with Gasteiger partial charge in [-0.1, -0.05) is 44.0 Å². The van der Waals surface area contributed by atoms with Gasteiger partial charge in [0, 0.05) is 6.04 Å². The van der Waals surface area contributed by atoms with E-state index in [1.54, 1.807) is 11.1 Å². The minimum absolute atomic E-state index is 0.613. The van der Waals surface area contributed by atoms with Gasteiger partial charge in [0.05, 0.1) is 0 Å². The Morgan fingerprint density at radius 3 is 3.00 bits per heavy atom. The lowest BCUT2D eigenvalue weighted by molar-refractivity contribution is 0.451. The summed E-state index contributed by atoms with van der Waals surface area (Å²) in [5.74, 6) is 0. The van der Waals surface area contributed by atoms with Crippen LogP contribution in [-0.4, -0.2) is 6.54 Å². The average molecular weight is 217 g/mol. The number of nitrogens with one attached hydrogen (secondary N) is 1. The zero-order valence-corrected chi connectivity index (χ0v) is 10.3. The first-order chi connectivity index (χ1) is 7.92. The van der Waals surface area contributed by atoms with Gasteiger partial charge in [-0.05, 0) is 43.4 Å². The van der Waals surface area contributed by atoms with E-state index in [0.717, 1.165) is 0 Å². The predicted octanol–water partition coefficient (Wildman–Crippen LogP) is 3.84. The standard InChI is InChI=1S/C15H23N/c1-2-3-6-12-16-15-11-7-9-13-8-4-5-10-14(13)15/h4-5,8,10,15-16H,2-3,6-7,9,11-12H2,1H3. The van der Waals surface area contributed by atoms with Crippen molar-refractivity contribution in [2.45, 2.75) is 51.5 Å². The molecule has 0 saturated heterocycles. The maximum absolute atomic E-state index is 3.71. The van der Waals surface area contributed by atoms with Gasteiger partial charge in [0.2, 0.25) is 0 Å². The van der Waals surface area contributed by atoms with E-state index in [0.29, 0.717) is 6.04 Å². The fourth-order valence-corrected chi connectivity index (χ4v) is 2.62. The van der Waals surface area contributed by atoms with Gasteiger partial charge in [0.1, 0.15) is 0 Å². The third-order valence-electron chi connectivity index (χ3n) is 3.54. The molecule has 0 fully saturated rings. The third kappa shape index (κ3) is 2.85. The van der Waals surface area contributed by atoms with E-state index in [1.165, 1.54) is 45.1 Å². The van der Waals surface area contributed by atoms with Crippen molar-refractivity contribution in [1.82, 2.24) is 5.32 Å². The maximum Gasteiger partial charge on any atom is 0.0323 e. The highest BCUT2D eigenvalue weighted by atomic mass is 14.9. The summed E-state index contributed by atoms with van der Waals surface area (Å²) < 4.78 is 0. The zero-order chi connectivity index (χ0) is 11.2. The van der Waals surface area contributed by atoms with Crippen LogP contribution >= 0.6 is 0 Å². The van der Waals surface area contributed by atoms with E-state index >= 15 is 0 Å². The molecule has 0 heterocycles. The summed E-state index contributed by atoms with van der Waals surface area (Å²) in [6, 6.07) is 9.53. The second-order valence-corrected chi connectivity index (χ2v) is 4.80. The Hall–Kier alpha value is -0.820. The van der Waals surface area contributed by atoms with Gasteiger partial charge in [-0.2, -0.15) is 0 Å². The maximum atomic E-state index is 3.71. The quantitative estimate of drug-likeness (QED) is 0.739. The Labute approximate surface area is 99.3 Å². The molecule has 0 amide bonds. The molecular formula is C15H23N. The average Bonchev–Trinajstić information content (AvgIpc) is 2.35. The van der Waals surface area contributed by atoms with Gasteiger partial charge in [-0.15, -0.1) is 0 Å². The lowest BCUT2D eigenvalue weighted by Gasteiger charge is -2.26. The van der Waals surface area contributed by atoms with Crippen molar-refractivity contribution in [2.24, 2.45) is 0 Å². The molecule has 1 nitrogen and oxygen atoms in total. The molecule has 2 rings (SSSR count). The molecule has 0 spiro atoms. The van der Waals surface area contributed by atoms with Crippen molar-refractivity contribution in [3.63, 3.8) is 0 Å². The zero-order valence-electron chi connectivity index (χ0n) is 10.3. The van der Waals surface area contributed by atoms with E-state index in [4.69, 9.17) is 0 Å². The third-order valence-corrected chi connectivity index (χ3v) is 3.54. The van der Waals surface area contributed by atoms with Gasteiger partial charge in [-0.3, -0.25) is 0 Å². The number of unbranched alkanes of at least 4 members (excludes halogenated alkanes) is 2. The van der Waals surface area contributed by atoms with E-state index in [-0.39, 0.29) is 0 Å². The second kappa shape index (κ2) is 6.05. The number of hydrogen-bond donors (Lipinski definition) is 1. The first kappa shape index (κ1) is 11.7. The first-order valence-corrected chi connectivity index (χ1v) is 6.73. The molecule has 0 aliphatic heterocycles. The highest BCUT2D eigenvalue weighted by Crippen LogP contribution is 2.29. The molecule has 0 bridgehead atoms. The van der Waals surface area contributed by atoms with Crippen molar-refractivity contribution in [1.29, 1.82) is 0 Å². The van der Waals surface area contributed by atoms with Crippen LogP contribution in [0.3, 0.4) is 0 Å². The number of fused-ring (bicyclic) bond motifs is 1. The molecule has 0 aromatic heterocycles. The van der Waals surface area contributed by atoms with Crippen LogP contribution in [0.15, 0.2) is 24.3 Å². The molecule has 1 aromatic rings. The molecule has 1 aliphatic rings. The van der Waals surface area contributed by atoms with Gasteiger partial charge < -0.3 is 5.32 Å². The summed E-state index contributed by atoms with van der Waals surface area (Å²) in [7, 11) is 0. The molecule has 1 heteroatoms. The van der Waals surface area contributed by atoms with Crippen LogP contribution in [0, 0.1) is 0 Å².